The molecule has 0 saturated carbocycles. The van der Waals surface area contributed by atoms with Crippen molar-refractivity contribution in [1.29, 1.82) is 0 Å². The largest absolute Gasteiger partial charge is 0.339 e. The zero-order chi connectivity index (χ0) is 16.6. The average Bonchev–Trinajstić information content (AvgIpc) is 2.89. The van der Waals surface area contributed by atoms with E-state index in [0.29, 0.717) is 37.3 Å². The van der Waals surface area contributed by atoms with Gasteiger partial charge in [-0.15, -0.1) is 0 Å². The fourth-order valence-electron chi connectivity index (χ4n) is 3.32. The molecule has 0 aromatic heterocycles. The number of hydrogen-bond acceptors (Lipinski definition) is 3. The van der Waals surface area contributed by atoms with Gasteiger partial charge in [-0.05, 0) is 44.2 Å². The number of halogens is 1. The number of carbonyl (C=O) groups excluding carboxylic acids is 2. The molecular formula is C17H22FN3O2. The van der Waals surface area contributed by atoms with Gasteiger partial charge in [-0.1, -0.05) is 0 Å². The molecule has 23 heavy (non-hydrogen) atoms. The van der Waals surface area contributed by atoms with Gasteiger partial charge >= 0.3 is 0 Å². The van der Waals surface area contributed by atoms with Gasteiger partial charge < -0.3 is 14.7 Å². The molecule has 6 heteroatoms. The van der Waals surface area contributed by atoms with Gasteiger partial charge in [0.1, 0.15) is 11.7 Å². The van der Waals surface area contributed by atoms with Crippen molar-refractivity contribution in [2.45, 2.75) is 13.3 Å². The Balaban J connectivity index is 1.72. The maximum absolute atomic E-state index is 13.2. The van der Waals surface area contributed by atoms with Crippen LogP contribution in [-0.2, 0) is 9.59 Å². The van der Waals surface area contributed by atoms with Crippen molar-refractivity contribution in [3.8, 4) is 0 Å². The number of piperazine rings is 1. The first-order chi connectivity index (χ1) is 11.0. The summed E-state index contributed by atoms with van der Waals surface area (Å²) in [4.78, 5) is 30.9. The Morgan fingerprint density at radius 3 is 2.52 bits per heavy atom. The number of anilines is 1. The highest BCUT2D eigenvalue weighted by molar-refractivity contribution is 6.09. The first-order valence-electron chi connectivity index (χ1n) is 8.02. The highest BCUT2D eigenvalue weighted by Crippen LogP contribution is 2.29. The molecule has 5 nitrogen and oxygen atoms in total. The predicted octanol–water partition coefficient (Wildman–Crippen LogP) is 1.26. The Labute approximate surface area is 135 Å². The zero-order valence-electron chi connectivity index (χ0n) is 13.6. The monoisotopic (exact) mass is 319 g/mol. The normalized spacial score (nSPS) is 22.7. The van der Waals surface area contributed by atoms with E-state index in [1.165, 1.54) is 12.1 Å². The summed E-state index contributed by atoms with van der Waals surface area (Å²) >= 11 is 0. The van der Waals surface area contributed by atoms with Gasteiger partial charge in [-0.2, -0.15) is 0 Å². The molecule has 2 aliphatic rings. The highest BCUT2D eigenvalue weighted by Gasteiger charge is 2.40. The molecule has 1 atom stereocenters. The SMILES string of the molecule is Cc1cc(F)ccc1N1CCC(C(=O)N2CCN(C)CC2)C1=O. The third-order valence-corrected chi connectivity index (χ3v) is 4.77. The molecule has 2 fully saturated rings. The quantitative estimate of drug-likeness (QED) is 0.771. The number of benzene rings is 1. The maximum atomic E-state index is 13.2. The van der Waals surface area contributed by atoms with Crippen LogP contribution in [0, 0.1) is 18.7 Å². The summed E-state index contributed by atoms with van der Waals surface area (Å²) in [5.41, 5.74) is 1.41. The fraction of sp³-hybridized carbons (Fsp3) is 0.529. The molecular weight excluding hydrogens is 297 g/mol. The van der Waals surface area contributed by atoms with Crippen molar-refractivity contribution in [1.82, 2.24) is 9.80 Å². The lowest BCUT2D eigenvalue weighted by Gasteiger charge is -2.33. The van der Waals surface area contributed by atoms with Crippen LogP contribution in [0.25, 0.3) is 0 Å². The minimum Gasteiger partial charge on any atom is -0.339 e. The molecule has 0 N–H and O–H groups in total. The Bertz CT molecular complexity index is 626. The van der Waals surface area contributed by atoms with Crippen LogP contribution in [0.3, 0.4) is 0 Å². The zero-order valence-corrected chi connectivity index (χ0v) is 13.6. The molecule has 0 bridgehead atoms. The summed E-state index contributed by atoms with van der Waals surface area (Å²) < 4.78 is 13.2. The van der Waals surface area contributed by atoms with E-state index in [2.05, 4.69) is 4.90 Å². The van der Waals surface area contributed by atoms with Gasteiger partial charge in [0.25, 0.3) is 0 Å². The molecule has 0 radical (unpaired) electrons. The maximum Gasteiger partial charge on any atom is 0.239 e. The van der Waals surface area contributed by atoms with Crippen LogP contribution < -0.4 is 4.90 Å². The second-order valence-electron chi connectivity index (χ2n) is 6.39. The van der Waals surface area contributed by atoms with Crippen molar-refractivity contribution in [2.24, 2.45) is 5.92 Å². The summed E-state index contributed by atoms with van der Waals surface area (Å²) in [6.45, 7) is 5.32. The molecule has 2 aliphatic heterocycles. The van der Waals surface area contributed by atoms with Crippen LogP contribution in [0.4, 0.5) is 10.1 Å². The van der Waals surface area contributed by atoms with E-state index in [4.69, 9.17) is 0 Å². The van der Waals surface area contributed by atoms with E-state index in [1.807, 2.05) is 7.05 Å². The molecule has 2 heterocycles. The molecule has 2 amide bonds. The van der Waals surface area contributed by atoms with Crippen molar-refractivity contribution in [2.75, 3.05) is 44.7 Å². The third kappa shape index (κ3) is 3.08. The second-order valence-corrected chi connectivity index (χ2v) is 6.39. The lowest BCUT2D eigenvalue weighted by Crippen LogP contribution is -2.50. The fourth-order valence-corrected chi connectivity index (χ4v) is 3.32. The summed E-state index contributed by atoms with van der Waals surface area (Å²) in [6.07, 6.45) is 0.529. The van der Waals surface area contributed by atoms with E-state index in [9.17, 15) is 14.0 Å². The molecule has 3 rings (SSSR count). The smallest absolute Gasteiger partial charge is 0.239 e. The summed E-state index contributed by atoms with van der Waals surface area (Å²) in [5, 5.41) is 0. The number of aryl methyl sites for hydroxylation is 1. The van der Waals surface area contributed by atoms with Crippen molar-refractivity contribution < 1.29 is 14.0 Å². The summed E-state index contributed by atoms with van der Waals surface area (Å²) in [7, 11) is 2.03. The third-order valence-electron chi connectivity index (χ3n) is 4.77. The number of likely N-dealkylation sites (N-methyl/N-ethyl adjacent to an activating group) is 1. The van der Waals surface area contributed by atoms with Crippen LogP contribution in [0.1, 0.15) is 12.0 Å². The van der Waals surface area contributed by atoms with Crippen molar-refractivity contribution in [3.05, 3.63) is 29.6 Å². The molecule has 0 aliphatic carbocycles. The van der Waals surface area contributed by atoms with Crippen molar-refractivity contribution >= 4 is 17.5 Å². The minimum atomic E-state index is -0.595. The Morgan fingerprint density at radius 2 is 1.87 bits per heavy atom. The molecule has 2 saturated heterocycles. The van der Waals surface area contributed by atoms with Crippen LogP contribution >= 0.6 is 0 Å². The molecule has 1 unspecified atom stereocenters. The number of rotatable bonds is 2. The van der Waals surface area contributed by atoms with Gasteiger partial charge in [0.15, 0.2) is 0 Å². The molecule has 1 aromatic rings. The number of hydrogen-bond donors (Lipinski definition) is 0. The molecule has 124 valence electrons. The van der Waals surface area contributed by atoms with E-state index in [-0.39, 0.29) is 17.6 Å². The first-order valence-corrected chi connectivity index (χ1v) is 8.02. The van der Waals surface area contributed by atoms with Gasteiger partial charge in [0.2, 0.25) is 11.8 Å². The predicted molar refractivity (Wildman–Crippen MR) is 85.7 cm³/mol. The second kappa shape index (κ2) is 6.28. The first kappa shape index (κ1) is 15.9. The topological polar surface area (TPSA) is 43.9 Å². The lowest BCUT2D eigenvalue weighted by atomic mass is 10.1. The van der Waals surface area contributed by atoms with Crippen LogP contribution in [-0.4, -0.2) is 61.4 Å². The van der Waals surface area contributed by atoms with E-state index in [0.717, 1.165) is 13.1 Å². The van der Waals surface area contributed by atoms with Gasteiger partial charge in [0, 0.05) is 38.4 Å². The van der Waals surface area contributed by atoms with Crippen LogP contribution in [0.2, 0.25) is 0 Å². The Kier molecular flexibility index (Phi) is 4.35. The number of carbonyl (C=O) groups is 2. The Morgan fingerprint density at radius 1 is 1.17 bits per heavy atom. The average molecular weight is 319 g/mol. The van der Waals surface area contributed by atoms with Gasteiger partial charge in [-0.25, -0.2) is 4.39 Å². The molecule has 1 aromatic carbocycles. The summed E-state index contributed by atoms with van der Waals surface area (Å²) in [6, 6.07) is 4.38. The lowest BCUT2D eigenvalue weighted by molar-refractivity contribution is -0.141. The minimum absolute atomic E-state index is 0.0645. The van der Waals surface area contributed by atoms with Crippen LogP contribution in [0.15, 0.2) is 18.2 Å². The highest BCUT2D eigenvalue weighted by atomic mass is 19.1. The van der Waals surface area contributed by atoms with E-state index >= 15 is 0 Å². The van der Waals surface area contributed by atoms with E-state index in [1.54, 1.807) is 22.8 Å². The number of amides is 2. The van der Waals surface area contributed by atoms with Gasteiger partial charge in [-0.3, -0.25) is 9.59 Å². The standard InChI is InChI=1S/C17H22FN3O2/c1-12-11-13(18)3-4-15(12)21-6-5-14(17(21)23)16(22)20-9-7-19(2)8-10-20/h3-4,11,14H,5-10H2,1-2H3. The Hall–Kier alpha value is -1.95. The van der Waals surface area contributed by atoms with Crippen molar-refractivity contribution in [3.63, 3.8) is 0 Å². The van der Waals surface area contributed by atoms with Crippen LogP contribution in [0.5, 0.6) is 0 Å². The van der Waals surface area contributed by atoms with Gasteiger partial charge in [0.05, 0.1) is 0 Å². The summed E-state index contributed by atoms with van der Waals surface area (Å²) in [5.74, 6) is -1.14. The van der Waals surface area contributed by atoms with E-state index < -0.39 is 5.92 Å². The number of nitrogens with zero attached hydrogens (tertiary/aromatic N) is 3. The molecule has 0 spiro atoms.